The van der Waals surface area contributed by atoms with E-state index in [9.17, 15) is 9.90 Å². The number of piperazine rings is 1. The molecule has 122 valence electrons. The standard InChI is InChI=1S/C16H31N3O2/c1-3-16(15(20)21,17-4-2)8-6-9-18-11-12-19-10-5-7-14(19)13-18/h14,17H,3-13H2,1-2H3,(H,20,21). The van der Waals surface area contributed by atoms with E-state index in [4.69, 9.17) is 0 Å². The van der Waals surface area contributed by atoms with E-state index in [1.54, 1.807) is 0 Å². The number of likely N-dealkylation sites (N-methyl/N-ethyl adjacent to an activating group) is 1. The molecule has 0 saturated carbocycles. The lowest BCUT2D eigenvalue weighted by molar-refractivity contribution is -0.145. The van der Waals surface area contributed by atoms with E-state index in [1.807, 2.05) is 13.8 Å². The van der Waals surface area contributed by atoms with Gasteiger partial charge in [-0.3, -0.25) is 9.69 Å². The normalized spacial score (nSPS) is 26.5. The molecular weight excluding hydrogens is 266 g/mol. The molecule has 0 bridgehead atoms. The van der Waals surface area contributed by atoms with E-state index in [0.29, 0.717) is 13.0 Å². The largest absolute Gasteiger partial charge is 0.480 e. The molecule has 0 aromatic heterocycles. The summed E-state index contributed by atoms with van der Waals surface area (Å²) in [5.74, 6) is -0.701. The monoisotopic (exact) mass is 297 g/mol. The van der Waals surface area contributed by atoms with E-state index >= 15 is 0 Å². The van der Waals surface area contributed by atoms with Crippen molar-refractivity contribution in [3.63, 3.8) is 0 Å². The first kappa shape index (κ1) is 16.7. The van der Waals surface area contributed by atoms with Crippen LogP contribution in [0.1, 0.15) is 46.0 Å². The molecule has 5 nitrogen and oxygen atoms in total. The number of fused-ring (bicyclic) bond motifs is 1. The van der Waals surface area contributed by atoms with Crippen LogP contribution in [0, 0.1) is 0 Å². The SMILES string of the molecule is CCNC(CC)(CCCN1CCN2CCCC2C1)C(=O)O. The van der Waals surface area contributed by atoms with E-state index in [2.05, 4.69) is 15.1 Å². The highest BCUT2D eigenvalue weighted by Gasteiger charge is 2.36. The fourth-order valence-electron chi connectivity index (χ4n) is 3.93. The van der Waals surface area contributed by atoms with E-state index in [1.165, 1.54) is 32.5 Å². The summed E-state index contributed by atoms with van der Waals surface area (Å²) in [6.45, 7) is 10.5. The maximum absolute atomic E-state index is 11.6. The van der Waals surface area contributed by atoms with Gasteiger partial charge in [-0.2, -0.15) is 0 Å². The van der Waals surface area contributed by atoms with Gasteiger partial charge in [-0.25, -0.2) is 0 Å². The van der Waals surface area contributed by atoms with Crippen LogP contribution in [-0.2, 0) is 4.79 Å². The van der Waals surface area contributed by atoms with Gasteiger partial charge in [0.2, 0.25) is 0 Å². The van der Waals surface area contributed by atoms with Gasteiger partial charge in [0.1, 0.15) is 5.54 Å². The zero-order valence-electron chi connectivity index (χ0n) is 13.6. The molecule has 2 N–H and O–H groups in total. The Morgan fingerprint density at radius 1 is 1.33 bits per heavy atom. The van der Waals surface area contributed by atoms with Crippen molar-refractivity contribution in [1.29, 1.82) is 0 Å². The molecule has 0 amide bonds. The van der Waals surface area contributed by atoms with Gasteiger partial charge in [0.05, 0.1) is 0 Å². The maximum atomic E-state index is 11.6. The first-order valence-electron chi connectivity index (χ1n) is 8.56. The topological polar surface area (TPSA) is 55.8 Å². The third-order valence-electron chi connectivity index (χ3n) is 5.28. The van der Waals surface area contributed by atoms with Crippen LogP contribution in [0.3, 0.4) is 0 Å². The van der Waals surface area contributed by atoms with Crippen LogP contribution >= 0.6 is 0 Å². The molecule has 2 saturated heterocycles. The van der Waals surface area contributed by atoms with Gasteiger partial charge in [-0.05, 0) is 51.7 Å². The Morgan fingerprint density at radius 3 is 2.81 bits per heavy atom. The molecule has 0 radical (unpaired) electrons. The van der Waals surface area contributed by atoms with Crippen molar-refractivity contribution in [3.05, 3.63) is 0 Å². The molecule has 0 aliphatic carbocycles. The van der Waals surface area contributed by atoms with Gasteiger partial charge in [0, 0.05) is 25.7 Å². The summed E-state index contributed by atoms with van der Waals surface area (Å²) in [4.78, 5) is 16.7. The second kappa shape index (κ2) is 7.56. The van der Waals surface area contributed by atoms with Gasteiger partial charge in [-0.15, -0.1) is 0 Å². The van der Waals surface area contributed by atoms with Crippen molar-refractivity contribution in [2.45, 2.75) is 57.5 Å². The number of hydrogen-bond donors (Lipinski definition) is 2. The minimum atomic E-state index is -0.732. The number of nitrogens with zero attached hydrogens (tertiary/aromatic N) is 2. The molecule has 5 heteroatoms. The van der Waals surface area contributed by atoms with E-state index in [-0.39, 0.29) is 0 Å². The Balaban J connectivity index is 1.78. The number of hydrogen-bond acceptors (Lipinski definition) is 4. The van der Waals surface area contributed by atoms with Gasteiger partial charge < -0.3 is 15.3 Å². The molecule has 2 fully saturated rings. The first-order chi connectivity index (χ1) is 10.1. The Hall–Kier alpha value is -0.650. The minimum Gasteiger partial charge on any atom is -0.480 e. The third kappa shape index (κ3) is 3.96. The number of carboxylic acid groups (broad SMARTS) is 1. The number of carbonyl (C=O) groups is 1. The van der Waals surface area contributed by atoms with Gasteiger partial charge in [0.25, 0.3) is 0 Å². The number of nitrogens with one attached hydrogen (secondary N) is 1. The zero-order chi connectivity index (χ0) is 15.3. The van der Waals surface area contributed by atoms with Crippen LogP contribution in [0.2, 0.25) is 0 Å². The molecule has 2 heterocycles. The number of carboxylic acids is 1. The second-order valence-corrected chi connectivity index (χ2v) is 6.51. The second-order valence-electron chi connectivity index (χ2n) is 6.51. The zero-order valence-corrected chi connectivity index (χ0v) is 13.6. The van der Waals surface area contributed by atoms with Crippen LogP contribution in [-0.4, -0.2) is 71.7 Å². The van der Waals surface area contributed by atoms with Crippen LogP contribution in [0.5, 0.6) is 0 Å². The van der Waals surface area contributed by atoms with Crippen LogP contribution < -0.4 is 5.32 Å². The lowest BCUT2D eigenvalue weighted by atomic mass is 9.90. The summed E-state index contributed by atoms with van der Waals surface area (Å²) in [5, 5.41) is 12.7. The highest BCUT2D eigenvalue weighted by Crippen LogP contribution is 2.23. The molecule has 2 unspecified atom stereocenters. The van der Waals surface area contributed by atoms with E-state index in [0.717, 1.165) is 32.0 Å². The number of aliphatic carboxylic acids is 1. The molecule has 2 aliphatic heterocycles. The van der Waals surface area contributed by atoms with Gasteiger partial charge in [-0.1, -0.05) is 13.8 Å². The fourth-order valence-corrected chi connectivity index (χ4v) is 3.93. The van der Waals surface area contributed by atoms with Crippen molar-refractivity contribution >= 4 is 5.97 Å². The van der Waals surface area contributed by atoms with Crippen molar-refractivity contribution in [2.24, 2.45) is 0 Å². The smallest absolute Gasteiger partial charge is 0.323 e. The Kier molecular flexibility index (Phi) is 6.02. The predicted octanol–water partition coefficient (Wildman–Crippen LogP) is 1.39. The quantitative estimate of drug-likeness (QED) is 0.709. The van der Waals surface area contributed by atoms with Crippen molar-refractivity contribution in [3.8, 4) is 0 Å². The number of rotatable bonds is 8. The van der Waals surface area contributed by atoms with E-state index < -0.39 is 11.5 Å². The predicted molar refractivity (Wildman–Crippen MR) is 84.6 cm³/mol. The van der Waals surface area contributed by atoms with Crippen molar-refractivity contribution < 1.29 is 9.90 Å². The summed E-state index contributed by atoms with van der Waals surface area (Å²) in [5.41, 5.74) is -0.732. The van der Waals surface area contributed by atoms with Crippen molar-refractivity contribution in [1.82, 2.24) is 15.1 Å². The molecule has 2 rings (SSSR count). The first-order valence-corrected chi connectivity index (χ1v) is 8.56. The average Bonchev–Trinajstić information content (AvgIpc) is 2.93. The van der Waals surface area contributed by atoms with Crippen molar-refractivity contribution in [2.75, 3.05) is 39.3 Å². The lowest BCUT2D eigenvalue weighted by Crippen LogP contribution is -2.53. The van der Waals surface area contributed by atoms with Crippen LogP contribution in [0.15, 0.2) is 0 Å². The Bertz CT molecular complexity index is 350. The van der Waals surface area contributed by atoms with Crippen LogP contribution in [0.4, 0.5) is 0 Å². The van der Waals surface area contributed by atoms with Crippen LogP contribution in [0.25, 0.3) is 0 Å². The average molecular weight is 297 g/mol. The Morgan fingerprint density at radius 2 is 2.14 bits per heavy atom. The molecule has 2 aliphatic rings. The molecule has 0 spiro atoms. The summed E-state index contributed by atoms with van der Waals surface area (Å²) < 4.78 is 0. The third-order valence-corrected chi connectivity index (χ3v) is 5.28. The molecule has 0 aromatic carbocycles. The fraction of sp³-hybridized carbons (Fsp3) is 0.938. The molecule has 0 aromatic rings. The summed E-state index contributed by atoms with van der Waals surface area (Å²) >= 11 is 0. The minimum absolute atomic E-state index is 0.645. The highest BCUT2D eigenvalue weighted by molar-refractivity contribution is 5.78. The molecular formula is C16H31N3O2. The Labute approximate surface area is 128 Å². The summed E-state index contributed by atoms with van der Waals surface area (Å²) in [7, 11) is 0. The summed E-state index contributed by atoms with van der Waals surface area (Å²) in [6, 6.07) is 0.753. The highest BCUT2D eigenvalue weighted by atomic mass is 16.4. The molecule has 2 atom stereocenters. The molecule has 21 heavy (non-hydrogen) atoms. The summed E-state index contributed by atoms with van der Waals surface area (Å²) in [6.07, 6.45) is 5.00. The lowest BCUT2D eigenvalue weighted by Gasteiger charge is -2.38. The van der Waals surface area contributed by atoms with Gasteiger partial charge >= 0.3 is 5.97 Å². The maximum Gasteiger partial charge on any atom is 0.323 e. The van der Waals surface area contributed by atoms with Gasteiger partial charge in [0.15, 0.2) is 0 Å².